The summed E-state index contributed by atoms with van der Waals surface area (Å²) in [6, 6.07) is 5.53. The van der Waals surface area contributed by atoms with Crippen LogP contribution in [-0.4, -0.2) is 45.3 Å². The lowest BCUT2D eigenvalue weighted by atomic mass is 10.1. The Hall–Kier alpha value is -0.910. The van der Waals surface area contributed by atoms with E-state index in [1.165, 1.54) is 7.11 Å². The van der Waals surface area contributed by atoms with Gasteiger partial charge >= 0.3 is 5.97 Å². The molecule has 0 unspecified atom stereocenters. The van der Waals surface area contributed by atoms with Crippen molar-refractivity contribution in [2.45, 2.75) is 13.0 Å². The zero-order valence-electron chi connectivity index (χ0n) is 11.6. The maximum absolute atomic E-state index is 11.4. The molecule has 0 aliphatic heterocycles. The van der Waals surface area contributed by atoms with E-state index < -0.39 is 0 Å². The monoisotopic (exact) mass is 329 g/mol. The van der Waals surface area contributed by atoms with Crippen LogP contribution < -0.4 is 0 Å². The molecule has 0 aliphatic rings. The summed E-state index contributed by atoms with van der Waals surface area (Å²) in [4.78, 5) is 13.6. The smallest absolute Gasteiger partial charge is 0.337 e. The van der Waals surface area contributed by atoms with Crippen molar-refractivity contribution in [3.05, 3.63) is 33.8 Å². The van der Waals surface area contributed by atoms with Gasteiger partial charge in [-0.05, 0) is 31.2 Å². The molecule has 0 radical (unpaired) electrons. The average Bonchev–Trinajstić information content (AvgIpc) is 2.40. The van der Waals surface area contributed by atoms with Crippen LogP contribution in [0.15, 0.2) is 22.7 Å². The summed E-state index contributed by atoms with van der Waals surface area (Å²) in [5, 5.41) is 0. The van der Waals surface area contributed by atoms with Crippen LogP contribution in [0.2, 0.25) is 0 Å². The molecule has 0 atom stereocenters. The van der Waals surface area contributed by atoms with E-state index in [1.807, 2.05) is 6.07 Å². The van der Waals surface area contributed by atoms with Gasteiger partial charge in [-0.2, -0.15) is 0 Å². The third-order valence-electron chi connectivity index (χ3n) is 2.80. The third-order valence-corrected chi connectivity index (χ3v) is 3.54. The van der Waals surface area contributed by atoms with Crippen LogP contribution in [-0.2, 0) is 16.0 Å². The van der Waals surface area contributed by atoms with Gasteiger partial charge in [0.2, 0.25) is 0 Å². The van der Waals surface area contributed by atoms with Gasteiger partial charge in [-0.1, -0.05) is 22.0 Å². The molecule has 4 nitrogen and oxygen atoms in total. The average molecular weight is 330 g/mol. The minimum atomic E-state index is -0.319. The predicted molar refractivity (Wildman–Crippen MR) is 78.3 cm³/mol. The molecule has 106 valence electrons. The minimum absolute atomic E-state index is 0.319. The fourth-order valence-corrected chi connectivity index (χ4v) is 2.27. The summed E-state index contributed by atoms with van der Waals surface area (Å²) >= 11 is 3.50. The van der Waals surface area contributed by atoms with Crippen LogP contribution in [0.25, 0.3) is 0 Å². The summed E-state index contributed by atoms with van der Waals surface area (Å²) in [6.45, 7) is 2.57. The van der Waals surface area contributed by atoms with E-state index in [9.17, 15) is 4.79 Å². The van der Waals surface area contributed by atoms with Crippen LogP contribution in [0.1, 0.15) is 22.3 Å². The van der Waals surface area contributed by atoms with Crippen molar-refractivity contribution in [1.29, 1.82) is 0 Å². The summed E-state index contributed by atoms with van der Waals surface area (Å²) in [7, 11) is 5.16. The van der Waals surface area contributed by atoms with Crippen molar-refractivity contribution in [2.24, 2.45) is 0 Å². The molecular formula is C14H20BrNO3. The zero-order chi connectivity index (χ0) is 14.3. The Bertz CT molecular complexity index is 423. The lowest BCUT2D eigenvalue weighted by molar-refractivity contribution is 0.0600. The number of hydrogen-bond acceptors (Lipinski definition) is 4. The van der Waals surface area contributed by atoms with Gasteiger partial charge in [-0.15, -0.1) is 0 Å². The Morgan fingerprint density at radius 3 is 2.68 bits per heavy atom. The molecule has 0 aliphatic carbocycles. The second-order valence-electron chi connectivity index (χ2n) is 4.38. The van der Waals surface area contributed by atoms with Gasteiger partial charge < -0.3 is 14.4 Å². The Balaban J connectivity index is 2.61. The molecule has 5 heteroatoms. The number of benzene rings is 1. The molecule has 0 aromatic heterocycles. The lowest BCUT2D eigenvalue weighted by Crippen LogP contribution is -2.20. The van der Waals surface area contributed by atoms with Gasteiger partial charge in [-0.25, -0.2) is 4.79 Å². The molecule has 19 heavy (non-hydrogen) atoms. The number of methoxy groups -OCH3 is 2. The van der Waals surface area contributed by atoms with E-state index in [-0.39, 0.29) is 5.97 Å². The predicted octanol–water partition coefficient (Wildman–Crippen LogP) is 2.70. The van der Waals surface area contributed by atoms with Crippen LogP contribution >= 0.6 is 15.9 Å². The van der Waals surface area contributed by atoms with Crippen molar-refractivity contribution in [2.75, 3.05) is 34.4 Å². The van der Waals surface area contributed by atoms with E-state index in [0.717, 1.165) is 36.2 Å². The zero-order valence-corrected chi connectivity index (χ0v) is 13.2. The number of rotatable bonds is 7. The van der Waals surface area contributed by atoms with Gasteiger partial charge in [0.15, 0.2) is 0 Å². The molecule has 0 N–H and O–H groups in total. The number of ether oxygens (including phenoxy) is 2. The molecule has 0 spiro atoms. The fraction of sp³-hybridized carbons (Fsp3) is 0.500. The number of halogens is 1. The highest BCUT2D eigenvalue weighted by Gasteiger charge is 2.09. The van der Waals surface area contributed by atoms with Crippen molar-refractivity contribution in [3.8, 4) is 0 Å². The Labute approximate surface area is 122 Å². The van der Waals surface area contributed by atoms with Crippen LogP contribution in [0.3, 0.4) is 0 Å². The first-order valence-electron chi connectivity index (χ1n) is 6.12. The third kappa shape index (κ3) is 5.30. The topological polar surface area (TPSA) is 38.8 Å². The van der Waals surface area contributed by atoms with Gasteiger partial charge in [0.05, 0.1) is 12.7 Å². The highest BCUT2D eigenvalue weighted by Crippen LogP contribution is 2.20. The number of hydrogen-bond donors (Lipinski definition) is 0. The first kappa shape index (κ1) is 16.1. The number of nitrogens with zero attached hydrogens (tertiary/aromatic N) is 1. The highest BCUT2D eigenvalue weighted by molar-refractivity contribution is 9.10. The molecule has 0 saturated heterocycles. The maximum Gasteiger partial charge on any atom is 0.337 e. The normalized spacial score (nSPS) is 10.8. The van der Waals surface area contributed by atoms with Crippen LogP contribution in [0, 0.1) is 0 Å². The molecule has 0 heterocycles. The molecule has 1 aromatic carbocycles. The standard InChI is InChI=1S/C14H20BrNO3/c1-16(7-4-8-18-2)10-12-6-5-11(9-13(12)15)14(17)19-3/h5-6,9H,4,7-8,10H2,1-3H3. The Morgan fingerprint density at radius 2 is 2.11 bits per heavy atom. The molecular weight excluding hydrogens is 310 g/mol. The van der Waals surface area contributed by atoms with Gasteiger partial charge in [0.1, 0.15) is 0 Å². The van der Waals surface area contributed by atoms with Crippen molar-refractivity contribution >= 4 is 21.9 Å². The maximum atomic E-state index is 11.4. The summed E-state index contributed by atoms with van der Waals surface area (Å²) in [5.74, 6) is -0.319. The van der Waals surface area contributed by atoms with Gasteiger partial charge in [0, 0.05) is 31.3 Å². The Morgan fingerprint density at radius 1 is 1.37 bits per heavy atom. The molecule has 0 bridgehead atoms. The van der Waals surface area contributed by atoms with Crippen molar-refractivity contribution in [3.63, 3.8) is 0 Å². The molecule has 0 amide bonds. The van der Waals surface area contributed by atoms with Crippen molar-refractivity contribution < 1.29 is 14.3 Å². The first-order valence-corrected chi connectivity index (χ1v) is 6.92. The van der Waals surface area contributed by atoms with E-state index >= 15 is 0 Å². The SMILES string of the molecule is COCCCN(C)Cc1ccc(C(=O)OC)cc1Br. The molecule has 1 aromatic rings. The first-order chi connectivity index (χ1) is 9.08. The second kappa shape index (κ2) is 8.30. The largest absolute Gasteiger partial charge is 0.465 e. The molecule has 0 saturated carbocycles. The van der Waals surface area contributed by atoms with Crippen LogP contribution in [0.4, 0.5) is 0 Å². The highest BCUT2D eigenvalue weighted by atomic mass is 79.9. The fourth-order valence-electron chi connectivity index (χ4n) is 1.77. The van der Waals surface area contributed by atoms with E-state index in [1.54, 1.807) is 19.2 Å². The second-order valence-corrected chi connectivity index (χ2v) is 5.24. The van der Waals surface area contributed by atoms with Gasteiger partial charge in [-0.3, -0.25) is 0 Å². The van der Waals surface area contributed by atoms with Crippen molar-refractivity contribution in [1.82, 2.24) is 4.90 Å². The molecule has 1 rings (SSSR count). The quantitative estimate of drug-likeness (QED) is 0.569. The summed E-state index contributed by atoms with van der Waals surface area (Å²) in [6.07, 6.45) is 1.00. The summed E-state index contributed by atoms with van der Waals surface area (Å²) < 4.78 is 10.7. The minimum Gasteiger partial charge on any atom is -0.465 e. The lowest BCUT2D eigenvalue weighted by Gasteiger charge is -2.17. The number of esters is 1. The molecule has 0 fully saturated rings. The van der Waals surface area contributed by atoms with E-state index in [0.29, 0.717) is 5.56 Å². The van der Waals surface area contributed by atoms with Crippen LogP contribution in [0.5, 0.6) is 0 Å². The van der Waals surface area contributed by atoms with E-state index in [2.05, 4.69) is 27.9 Å². The number of carbonyl (C=O) groups excluding carboxylic acids is 1. The Kier molecular flexibility index (Phi) is 7.05. The van der Waals surface area contributed by atoms with Gasteiger partial charge in [0.25, 0.3) is 0 Å². The number of carbonyl (C=O) groups is 1. The van der Waals surface area contributed by atoms with E-state index in [4.69, 9.17) is 9.47 Å². The summed E-state index contributed by atoms with van der Waals surface area (Å²) in [5.41, 5.74) is 1.70.